The van der Waals surface area contributed by atoms with Crippen LogP contribution in [0.3, 0.4) is 0 Å². The fourth-order valence-corrected chi connectivity index (χ4v) is 9.60. The molecule has 6 rings (SSSR count). The molecule has 1 aliphatic heterocycles. The molecule has 2 aromatic carbocycles. The minimum absolute atomic E-state index is 0.0107. The van der Waals surface area contributed by atoms with Crippen LogP contribution in [0.25, 0.3) is 10.8 Å². The summed E-state index contributed by atoms with van der Waals surface area (Å²) in [5.74, 6) is -1.59. The lowest BCUT2D eigenvalue weighted by molar-refractivity contribution is -0.138. The van der Waals surface area contributed by atoms with Crippen LogP contribution in [-0.2, 0) is 36.8 Å². The van der Waals surface area contributed by atoms with E-state index in [1.807, 2.05) is 59.8 Å². The molecule has 0 bridgehead atoms. The molecule has 3 aromatic rings. The van der Waals surface area contributed by atoms with Crippen LogP contribution in [-0.4, -0.2) is 114 Å². The number of carbonyl (C=O) groups excluding carboxylic acids is 4. The average molecular weight is 817 g/mol. The second-order valence-electron chi connectivity index (χ2n) is 16.7. The van der Waals surface area contributed by atoms with Crippen molar-refractivity contribution in [3.8, 4) is 0 Å². The molecule has 13 heteroatoms. The molecule has 4 N–H and O–H groups in total. The van der Waals surface area contributed by atoms with Crippen molar-refractivity contribution in [3.63, 3.8) is 0 Å². The lowest BCUT2D eigenvalue weighted by Gasteiger charge is -2.33. The molecule has 1 aromatic heterocycles. The molecule has 2 saturated carbocycles. The highest BCUT2D eigenvalue weighted by Gasteiger charge is 2.34. The molecular formula is C45H64N6O6S. The largest absolute Gasteiger partial charge is 0.390 e. The molecule has 3 fully saturated rings. The van der Waals surface area contributed by atoms with E-state index in [1.165, 1.54) is 24.2 Å². The molecule has 0 spiro atoms. The van der Waals surface area contributed by atoms with Gasteiger partial charge in [-0.15, -0.1) is 11.3 Å². The van der Waals surface area contributed by atoms with Gasteiger partial charge in [-0.2, -0.15) is 0 Å². The summed E-state index contributed by atoms with van der Waals surface area (Å²) in [6, 6.07) is 12.5. The van der Waals surface area contributed by atoms with Gasteiger partial charge in [0.15, 0.2) is 0 Å². The number of hydrogen-bond acceptors (Lipinski definition) is 9. The van der Waals surface area contributed by atoms with E-state index in [4.69, 9.17) is 4.74 Å². The molecule has 58 heavy (non-hydrogen) atoms. The number of morpholine rings is 1. The number of benzene rings is 2. The summed E-state index contributed by atoms with van der Waals surface area (Å²) in [6.07, 6.45) is 10.4. The second kappa shape index (κ2) is 22.5. The molecule has 316 valence electrons. The Labute approximate surface area is 347 Å². The van der Waals surface area contributed by atoms with Gasteiger partial charge in [0.05, 0.1) is 48.9 Å². The van der Waals surface area contributed by atoms with Gasteiger partial charge in [-0.25, -0.2) is 4.98 Å². The van der Waals surface area contributed by atoms with Crippen molar-refractivity contribution in [1.82, 2.24) is 30.7 Å². The minimum Gasteiger partial charge on any atom is -0.390 e. The van der Waals surface area contributed by atoms with Crippen LogP contribution in [0, 0.1) is 11.8 Å². The van der Waals surface area contributed by atoms with Crippen molar-refractivity contribution in [2.45, 2.75) is 121 Å². The second-order valence-corrected chi connectivity index (χ2v) is 17.4. The zero-order valence-corrected chi connectivity index (χ0v) is 35.1. The number of ether oxygens (including phenoxy) is 1. The standard InChI is InChI=1S/C45H64N6O6S/c1-50(37-16-6-3-7-17-37)43(54)27-35(26-34-15-10-14-33-13-8-9-18-38(33)34)44(55)49-40(28-36-30-58-31-47-36)45(56)48-39(25-32-11-4-2-5-12-32)41(52)29-42(53)46-19-20-51-21-23-57-24-22-51/h8-10,13-15,18,30-32,35,37,39-41,52H,2-7,11-12,16-17,19-29H2,1H3,(H,46,53)(H,48,56)(H,49,55)/t35-,39+,40+,41+/m1/s1. The third kappa shape index (κ3) is 13.0. The van der Waals surface area contributed by atoms with Gasteiger partial charge in [-0.05, 0) is 47.9 Å². The SMILES string of the molecule is CN(C(=O)C[C@@H](Cc1cccc2ccccc12)C(=O)N[C@@H](Cc1cscn1)C(=O)N[C@@H](CC1CCCCC1)[C@@H](O)CC(=O)NCCN1CCOCC1)C1CCCCC1. The van der Waals surface area contributed by atoms with Gasteiger partial charge in [0, 0.05) is 57.5 Å². The summed E-state index contributed by atoms with van der Waals surface area (Å²) in [7, 11) is 1.85. The summed E-state index contributed by atoms with van der Waals surface area (Å²) in [4.78, 5) is 64.5. The Kier molecular flexibility index (Phi) is 16.9. The van der Waals surface area contributed by atoms with Crippen LogP contribution in [0.15, 0.2) is 53.4 Å². The maximum atomic E-state index is 14.6. The number of fused-ring (bicyclic) bond motifs is 1. The summed E-state index contributed by atoms with van der Waals surface area (Å²) in [6.45, 7) is 4.18. The fraction of sp³-hybridized carbons (Fsp3) is 0.622. The summed E-state index contributed by atoms with van der Waals surface area (Å²) < 4.78 is 5.42. The highest BCUT2D eigenvalue weighted by Crippen LogP contribution is 2.29. The van der Waals surface area contributed by atoms with E-state index in [0.717, 1.165) is 80.8 Å². The highest BCUT2D eigenvalue weighted by molar-refractivity contribution is 7.07. The van der Waals surface area contributed by atoms with Crippen LogP contribution in [0.1, 0.15) is 94.7 Å². The molecule has 2 heterocycles. The van der Waals surface area contributed by atoms with E-state index in [9.17, 15) is 24.3 Å². The number of hydrogen-bond donors (Lipinski definition) is 4. The first-order valence-electron chi connectivity index (χ1n) is 21.7. The van der Waals surface area contributed by atoms with Gasteiger partial charge >= 0.3 is 0 Å². The van der Waals surface area contributed by atoms with Crippen LogP contribution in [0.2, 0.25) is 0 Å². The molecule has 0 unspecified atom stereocenters. The lowest BCUT2D eigenvalue weighted by Crippen LogP contribution is -2.55. The zero-order valence-electron chi connectivity index (χ0n) is 34.2. The molecule has 0 radical (unpaired) electrons. The quantitative estimate of drug-likeness (QED) is 0.132. The van der Waals surface area contributed by atoms with Gasteiger partial charge < -0.3 is 30.7 Å². The molecule has 2 aliphatic carbocycles. The van der Waals surface area contributed by atoms with E-state index in [0.29, 0.717) is 50.8 Å². The van der Waals surface area contributed by atoms with Gasteiger partial charge in [0.1, 0.15) is 6.04 Å². The molecule has 12 nitrogen and oxygen atoms in total. The smallest absolute Gasteiger partial charge is 0.243 e. The van der Waals surface area contributed by atoms with Crippen molar-refractivity contribution in [3.05, 3.63) is 64.6 Å². The third-order valence-electron chi connectivity index (χ3n) is 12.5. The Bertz CT molecular complexity index is 1750. The Hall–Kier alpha value is -3.91. The van der Waals surface area contributed by atoms with E-state index >= 15 is 0 Å². The minimum atomic E-state index is -1.11. The van der Waals surface area contributed by atoms with Crippen LogP contribution >= 0.6 is 11.3 Å². The molecular weight excluding hydrogens is 753 g/mol. The van der Waals surface area contributed by atoms with Crippen molar-refractivity contribution >= 4 is 45.7 Å². The van der Waals surface area contributed by atoms with Crippen molar-refractivity contribution in [1.29, 1.82) is 0 Å². The number of thiazole rings is 1. The predicted molar refractivity (Wildman–Crippen MR) is 227 cm³/mol. The first kappa shape index (κ1) is 43.7. The number of nitrogens with one attached hydrogen (secondary N) is 3. The first-order valence-corrected chi connectivity index (χ1v) is 22.6. The van der Waals surface area contributed by atoms with Gasteiger partial charge in [-0.1, -0.05) is 93.8 Å². The maximum Gasteiger partial charge on any atom is 0.243 e. The van der Waals surface area contributed by atoms with E-state index in [2.05, 4.69) is 25.8 Å². The normalized spacial score (nSPS) is 19.1. The Balaban J connectivity index is 1.18. The highest BCUT2D eigenvalue weighted by atomic mass is 32.1. The molecule has 4 amide bonds. The number of aliphatic hydroxyl groups excluding tert-OH is 1. The number of amides is 4. The van der Waals surface area contributed by atoms with E-state index in [-0.39, 0.29) is 43.0 Å². The van der Waals surface area contributed by atoms with Crippen molar-refractivity contribution in [2.75, 3.05) is 46.4 Å². The summed E-state index contributed by atoms with van der Waals surface area (Å²) in [5.41, 5.74) is 3.32. The van der Waals surface area contributed by atoms with E-state index < -0.39 is 30.0 Å². The number of aliphatic hydroxyl groups is 1. The first-order chi connectivity index (χ1) is 28.2. The maximum absolute atomic E-state index is 14.6. The molecule has 3 aliphatic rings. The summed E-state index contributed by atoms with van der Waals surface area (Å²) in [5, 5.41) is 24.6. The van der Waals surface area contributed by atoms with Gasteiger partial charge in [0.25, 0.3) is 0 Å². The Morgan fingerprint density at radius 2 is 1.62 bits per heavy atom. The summed E-state index contributed by atoms with van der Waals surface area (Å²) >= 11 is 1.41. The van der Waals surface area contributed by atoms with Gasteiger partial charge in [-0.3, -0.25) is 24.1 Å². The van der Waals surface area contributed by atoms with E-state index in [1.54, 1.807) is 5.51 Å². The number of aromatic nitrogens is 1. The van der Waals surface area contributed by atoms with Crippen molar-refractivity contribution in [2.24, 2.45) is 11.8 Å². The van der Waals surface area contributed by atoms with Crippen LogP contribution < -0.4 is 16.0 Å². The number of rotatable bonds is 19. The predicted octanol–water partition coefficient (Wildman–Crippen LogP) is 5.02. The monoisotopic (exact) mass is 816 g/mol. The zero-order chi connectivity index (χ0) is 40.7. The fourth-order valence-electron chi connectivity index (χ4n) is 9.03. The Morgan fingerprint density at radius 3 is 2.36 bits per heavy atom. The lowest BCUT2D eigenvalue weighted by atomic mass is 9.83. The topological polar surface area (TPSA) is 153 Å². The van der Waals surface area contributed by atoms with Gasteiger partial charge in [0.2, 0.25) is 23.6 Å². The van der Waals surface area contributed by atoms with Crippen molar-refractivity contribution < 1.29 is 29.0 Å². The number of carbonyl (C=O) groups is 4. The van der Waals surface area contributed by atoms with Crippen LogP contribution in [0.4, 0.5) is 0 Å². The Morgan fingerprint density at radius 1 is 0.897 bits per heavy atom. The average Bonchev–Trinajstić information content (AvgIpc) is 3.77. The van der Waals surface area contributed by atoms with Crippen LogP contribution in [0.5, 0.6) is 0 Å². The number of nitrogens with zero attached hydrogens (tertiary/aromatic N) is 3. The molecule has 4 atom stereocenters. The third-order valence-corrected chi connectivity index (χ3v) is 13.2. The molecule has 1 saturated heterocycles.